The summed E-state index contributed by atoms with van der Waals surface area (Å²) in [5.41, 5.74) is 5.17. The summed E-state index contributed by atoms with van der Waals surface area (Å²) in [5.74, 6) is -0.0553. The van der Waals surface area contributed by atoms with Crippen molar-refractivity contribution in [1.82, 2.24) is 9.97 Å². The lowest BCUT2D eigenvalue weighted by atomic mass is 10.2. The van der Waals surface area contributed by atoms with Crippen molar-refractivity contribution in [1.29, 1.82) is 0 Å². The molecule has 0 bridgehead atoms. The lowest BCUT2D eigenvalue weighted by Gasteiger charge is -2.13. The standard InChI is InChI=1S/C12H9F3N4S/c13-12(14,15)9-4-3-8(10(16)20)11(19-9)18-7-2-1-5-17-6-7/h1-6H,(H2,16,20)(H,18,19). The molecule has 3 N–H and O–H groups in total. The average Bonchev–Trinajstić information content (AvgIpc) is 2.38. The fourth-order valence-corrected chi connectivity index (χ4v) is 1.65. The van der Waals surface area contributed by atoms with Crippen LogP contribution < -0.4 is 11.1 Å². The van der Waals surface area contributed by atoms with E-state index in [1.54, 1.807) is 18.3 Å². The summed E-state index contributed by atoms with van der Waals surface area (Å²) in [6, 6.07) is 5.30. The molecule has 104 valence electrons. The average molecular weight is 298 g/mol. The molecule has 0 unspecified atom stereocenters. The first-order valence-electron chi connectivity index (χ1n) is 5.43. The van der Waals surface area contributed by atoms with Crippen LogP contribution in [0.2, 0.25) is 0 Å². The Morgan fingerprint density at radius 3 is 2.55 bits per heavy atom. The molecule has 0 aliphatic carbocycles. The lowest BCUT2D eigenvalue weighted by molar-refractivity contribution is -0.141. The van der Waals surface area contributed by atoms with E-state index in [1.165, 1.54) is 12.3 Å². The van der Waals surface area contributed by atoms with Crippen LogP contribution in [0.15, 0.2) is 36.7 Å². The van der Waals surface area contributed by atoms with Gasteiger partial charge in [-0.05, 0) is 24.3 Å². The number of hydrogen-bond donors (Lipinski definition) is 2. The summed E-state index contributed by atoms with van der Waals surface area (Å²) in [6.45, 7) is 0. The van der Waals surface area contributed by atoms with Gasteiger partial charge in [-0.2, -0.15) is 13.2 Å². The van der Waals surface area contributed by atoms with Crippen molar-refractivity contribution in [2.24, 2.45) is 5.73 Å². The Kier molecular flexibility index (Phi) is 3.84. The van der Waals surface area contributed by atoms with E-state index in [9.17, 15) is 13.2 Å². The van der Waals surface area contributed by atoms with Gasteiger partial charge >= 0.3 is 6.18 Å². The van der Waals surface area contributed by atoms with Crippen LogP contribution >= 0.6 is 12.2 Å². The number of alkyl halides is 3. The highest BCUT2D eigenvalue weighted by molar-refractivity contribution is 7.80. The van der Waals surface area contributed by atoms with Crippen LogP contribution in [0.5, 0.6) is 0 Å². The number of nitrogens with zero attached hydrogens (tertiary/aromatic N) is 2. The summed E-state index contributed by atoms with van der Waals surface area (Å²) in [4.78, 5) is 7.34. The van der Waals surface area contributed by atoms with E-state index >= 15 is 0 Å². The monoisotopic (exact) mass is 298 g/mol. The molecule has 0 radical (unpaired) electrons. The second-order valence-electron chi connectivity index (χ2n) is 3.82. The van der Waals surface area contributed by atoms with Crippen molar-refractivity contribution < 1.29 is 13.2 Å². The van der Waals surface area contributed by atoms with E-state index in [0.717, 1.165) is 6.07 Å². The zero-order chi connectivity index (χ0) is 14.8. The highest BCUT2D eigenvalue weighted by atomic mass is 32.1. The first-order valence-corrected chi connectivity index (χ1v) is 5.84. The largest absolute Gasteiger partial charge is 0.433 e. The molecule has 0 spiro atoms. The number of hydrogen-bond acceptors (Lipinski definition) is 4. The predicted molar refractivity (Wildman–Crippen MR) is 72.6 cm³/mol. The third-order valence-electron chi connectivity index (χ3n) is 2.38. The fourth-order valence-electron chi connectivity index (χ4n) is 1.48. The molecule has 0 atom stereocenters. The third-order valence-corrected chi connectivity index (χ3v) is 2.60. The Balaban J connectivity index is 2.45. The first-order chi connectivity index (χ1) is 9.38. The quantitative estimate of drug-likeness (QED) is 0.853. The highest BCUT2D eigenvalue weighted by Crippen LogP contribution is 2.30. The van der Waals surface area contributed by atoms with Crippen molar-refractivity contribution in [3.05, 3.63) is 47.9 Å². The molecule has 2 aromatic heterocycles. The molecule has 0 aliphatic heterocycles. The molecular formula is C12H9F3N4S. The predicted octanol–water partition coefficient (Wildman–Crippen LogP) is 2.87. The molecule has 20 heavy (non-hydrogen) atoms. The molecule has 0 saturated carbocycles. The van der Waals surface area contributed by atoms with E-state index in [2.05, 4.69) is 15.3 Å². The van der Waals surface area contributed by atoms with E-state index < -0.39 is 11.9 Å². The Hall–Kier alpha value is -2.22. The number of pyridine rings is 2. The smallest absolute Gasteiger partial charge is 0.389 e. The minimum absolute atomic E-state index is 0.0439. The summed E-state index contributed by atoms with van der Waals surface area (Å²) in [6.07, 6.45) is -1.55. The zero-order valence-electron chi connectivity index (χ0n) is 9.98. The number of thiocarbonyl (C=S) groups is 1. The Morgan fingerprint density at radius 1 is 1.25 bits per heavy atom. The molecule has 8 heteroatoms. The van der Waals surface area contributed by atoms with E-state index in [1.807, 2.05) is 0 Å². The first kappa shape index (κ1) is 14.2. The second kappa shape index (κ2) is 5.41. The van der Waals surface area contributed by atoms with Gasteiger partial charge in [0.2, 0.25) is 0 Å². The van der Waals surface area contributed by atoms with Gasteiger partial charge in [-0.3, -0.25) is 4.98 Å². The van der Waals surface area contributed by atoms with Crippen LogP contribution in [0.4, 0.5) is 24.7 Å². The summed E-state index contributed by atoms with van der Waals surface area (Å²) >= 11 is 4.80. The summed E-state index contributed by atoms with van der Waals surface area (Å²) < 4.78 is 38.0. The van der Waals surface area contributed by atoms with Crippen LogP contribution in [-0.2, 0) is 6.18 Å². The number of nitrogens with two attached hydrogens (primary N) is 1. The van der Waals surface area contributed by atoms with Gasteiger partial charge in [-0.1, -0.05) is 12.2 Å². The number of aromatic nitrogens is 2. The fraction of sp³-hybridized carbons (Fsp3) is 0.0833. The number of anilines is 2. The summed E-state index contributed by atoms with van der Waals surface area (Å²) in [7, 11) is 0. The van der Waals surface area contributed by atoms with Crippen LogP contribution in [0, 0.1) is 0 Å². The van der Waals surface area contributed by atoms with E-state index in [0.29, 0.717) is 5.69 Å². The molecule has 2 aromatic rings. The van der Waals surface area contributed by atoms with Gasteiger partial charge in [0.1, 0.15) is 16.5 Å². The van der Waals surface area contributed by atoms with Crippen molar-refractivity contribution in [3.63, 3.8) is 0 Å². The van der Waals surface area contributed by atoms with Gasteiger partial charge in [0.15, 0.2) is 0 Å². The van der Waals surface area contributed by atoms with Gasteiger partial charge in [0.05, 0.1) is 17.4 Å². The zero-order valence-corrected chi connectivity index (χ0v) is 10.8. The van der Waals surface area contributed by atoms with E-state index in [4.69, 9.17) is 18.0 Å². The molecule has 0 fully saturated rings. The van der Waals surface area contributed by atoms with Crippen LogP contribution in [0.25, 0.3) is 0 Å². The second-order valence-corrected chi connectivity index (χ2v) is 4.26. The topological polar surface area (TPSA) is 63.8 Å². The molecule has 0 aromatic carbocycles. The molecule has 0 saturated heterocycles. The van der Waals surface area contributed by atoms with E-state index in [-0.39, 0.29) is 16.4 Å². The minimum Gasteiger partial charge on any atom is -0.389 e. The number of rotatable bonds is 3. The molecule has 4 nitrogen and oxygen atoms in total. The van der Waals surface area contributed by atoms with Crippen molar-refractivity contribution in [2.75, 3.05) is 5.32 Å². The van der Waals surface area contributed by atoms with Gasteiger partial charge in [0, 0.05) is 6.20 Å². The van der Waals surface area contributed by atoms with Crippen molar-refractivity contribution >= 4 is 28.7 Å². The maximum Gasteiger partial charge on any atom is 0.433 e. The summed E-state index contributed by atoms with van der Waals surface area (Å²) in [5, 5.41) is 2.73. The Labute approximate surface area is 117 Å². The van der Waals surface area contributed by atoms with Gasteiger partial charge in [0.25, 0.3) is 0 Å². The van der Waals surface area contributed by atoms with Crippen LogP contribution in [-0.4, -0.2) is 15.0 Å². The minimum atomic E-state index is -4.54. The molecular weight excluding hydrogens is 289 g/mol. The van der Waals surface area contributed by atoms with Gasteiger partial charge in [-0.15, -0.1) is 0 Å². The molecule has 0 aliphatic rings. The Bertz CT molecular complexity index is 628. The normalized spacial score (nSPS) is 11.2. The van der Waals surface area contributed by atoms with Crippen LogP contribution in [0.3, 0.4) is 0 Å². The SMILES string of the molecule is NC(=S)c1ccc(C(F)(F)F)nc1Nc1cccnc1. The van der Waals surface area contributed by atoms with Gasteiger partial charge < -0.3 is 11.1 Å². The molecule has 2 rings (SSSR count). The number of halogens is 3. The Morgan fingerprint density at radius 2 is 2.00 bits per heavy atom. The molecule has 2 heterocycles. The highest BCUT2D eigenvalue weighted by Gasteiger charge is 2.33. The number of nitrogens with one attached hydrogen (secondary N) is 1. The molecule has 0 amide bonds. The van der Waals surface area contributed by atoms with Gasteiger partial charge in [-0.25, -0.2) is 4.98 Å². The van der Waals surface area contributed by atoms with Crippen molar-refractivity contribution in [2.45, 2.75) is 6.18 Å². The van der Waals surface area contributed by atoms with Crippen molar-refractivity contribution in [3.8, 4) is 0 Å². The maximum atomic E-state index is 12.7. The van der Waals surface area contributed by atoms with Crippen LogP contribution in [0.1, 0.15) is 11.3 Å². The maximum absolute atomic E-state index is 12.7. The lowest BCUT2D eigenvalue weighted by Crippen LogP contribution is -2.16. The third kappa shape index (κ3) is 3.21.